The Balaban J connectivity index is 1.89. The molecular formula is C16H11Cl2F2N5O. The summed E-state index contributed by atoms with van der Waals surface area (Å²) in [6, 6.07) is 5.32. The molecule has 6 nitrogen and oxygen atoms in total. The largest absolute Gasteiger partial charge is 0.415 e. The smallest absolute Gasteiger partial charge is 0.314 e. The molecule has 4 rings (SSSR count). The van der Waals surface area contributed by atoms with Crippen molar-refractivity contribution in [3.63, 3.8) is 0 Å². The summed E-state index contributed by atoms with van der Waals surface area (Å²) in [5, 5.41) is 7.88. The van der Waals surface area contributed by atoms with E-state index in [9.17, 15) is 8.78 Å². The predicted octanol–water partition coefficient (Wildman–Crippen LogP) is 4.43. The second-order valence-electron chi connectivity index (χ2n) is 5.92. The Morgan fingerprint density at radius 3 is 2.62 bits per heavy atom. The zero-order valence-corrected chi connectivity index (χ0v) is 14.6. The van der Waals surface area contributed by atoms with Crippen molar-refractivity contribution in [2.75, 3.05) is 5.73 Å². The van der Waals surface area contributed by atoms with E-state index in [4.69, 9.17) is 33.4 Å². The van der Waals surface area contributed by atoms with Gasteiger partial charge >= 0.3 is 6.43 Å². The van der Waals surface area contributed by atoms with Gasteiger partial charge in [0.25, 0.3) is 11.8 Å². The third kappa shape index (κ3) is 2.69. The first-order chi connectivity index (χ1) is 12.4. The molecule has 0 bridgehead atoms. The lowest BCUT2D eigenvalue weighted by Gasteiger charge is -2.19. The lowest BCUT2D eigenvalue weighted by Crippen LogP contribution is -2.15. The van der Waals surface area contributed by atoms with Crippen LogP contribution < -0.4 is 5.73 Å². The molecule has 2 heterocycles. The molecule has 134 valence electrons. The van der Waals surface area contributed by atoms with Crippen LogP contribution in [0.25, 0.3) is 11.5 Å². The van der Waals surface area contributed by atoms with Crippen molar-refractivity contribution in [3.05, 3.63) is 51.6 Å². The van der Waals surface area contributed by atoms with Gasteiger partial charge in [-0.2, -0.15) is 8.78 Å². The van der Waals surface area contributed by atoms with Gasteiger partial charge < -0.3 is 10.2 Å². The molecule has 2 aromatic heterocycles. The maximum absolute atomic E-state index is 12.8. The first-order valence-electron chi connectivity index (χ1n) is 7.62. The molecule has 0 spiro atoms. The molecule has 1 fully saturated rings. The van der Waals surface area contributed by atoms with Crippen LogP contribution in [-0.2, 0) is 5.41 Å². The highest BCUT2D eigenvalue weighted by atomic mass is 35.5. The molecule has 1 aliphatic carbocycles. The van der Waals surface area contributed by atoms with E-state index in [0.29, 0.717) is 21.3 Å². The molecule has 0 aliphatic heterocycles. The highest BCUT2D eigenvalue weighted by Gasteiger charge is 2.51. The van der Waals surface area contributed by atoms with Crippen LogP contribution in [0.5, 0.6) is 0 Å². The molecule has 1 aromatic carbocycles. The second-order valence-corrected chi connectivity index (χ2v) is 6.71. The summed E-state index contributed by atoms with van der Waals surface area (Å²) in [7, 11) is 0. The quantitative estimate of drug-likeness (QED) is 0.699. The lowest BCUT2D eigenvalue weighted by atomic mass is 9.89. The van der Waals surface area contributed by atoms with Crippen molar-refractivity contribution in [3.8, 4) is 11.5 Å². The third-order valence-corrected chi connectivity index (χ3v) is 5.15. The average Bonchev–Trinajstić information content (AvgIpc) is 3.26. The van der Waals surface area contributed by atoms with Gasteiger partial charge in [0.15, 0.2) is 0 Å². The molecule has 0 atom stereocenters. The molecule has 26 heavy (non-hydrogen) atoms. The zero-order valence-electron chi connectivity index (χ0n) is 13.1. The molecule has 0 amide bonds. The molecule has 0 unspecified atom stereocenters. The first kappa shape index (κ1) is 17.1. The molecule has 2 N–H and O–H groups in total. The van der Waals surface area contributed by atoms with Crippen LogP contribution in [0.2, 0.25) is 10.0 Å². The van der Waals surface area contributed by atoms with Gasteiger partial charge in [-0.1, -0.05) is 35.3 Å². The van der Waals surface area contributed by atoms with E-state index in [-0.39, 0.29) is 11.8 Å². The predicted molar refractivity (Wildman–Crippen MR) is 91.2 cm³/mol. The van der Waals surface area contributed by atoms with Crippen molar-refractivity contribution >= 4 is 29.2 Å². The van der Waals surface area contributed by atoms with Gasteiger partial charge in [-0.05, 0) is 24.5 Å². The van der Waals surface area contributed by atoms with Crippen LogP contribution in [0.3, 0.4) is 0 Å². The van der Waals surface area contributed by atoms with Crippen LogP contribution in [-0.4, -0.2) is 20.2 Å². The van der Waals surface area contributed by atoms with Gasteiger partial charge in [0.1, 0.15) is 0 Å². The Kier molecular flexibility index (Phi) is 4.04. The fourth-order valence-corrected chi connectivity index (χ4v) is 3.46. The highest BCUT2D eigenvalue weighted by molar-refractivity contribution is 6.42. The number of nitrogens with two attached hydrogens (primary N) is 1. The van der Waals surface area contributed by atoms with E-state index in [1.807, 2.05) is 6.07 Å². The van der Waals surface area contributed by atoms with Crippen LogP contribution in [0.1, 0.15) is 36.4 Å². The van der Waals surface area contributed by atoms with E-state index in [1.54, 1.807) is 12.1 Å². The minimum Gasteiger partial charge on any atom is -0.415 e. The minimum atomic E-state index is -2.87. The molecule has 1 aliphatic rings. The number of hydrogen-bond acceptors (Lipinski definition) is 6. The van der Waals surface area contributed by atoms with E-state index < -0.39 is 17.7 Å². The number of hydrogen-bond donors (Lipinski definition) is 1. The molecule has 0 saturated heterocycles. The van der Waals surface area contributed by atoms with Crippen molar-refractivity contribution in [1.29, 1.82) is 0 Å². The second kappa shape index (κ2) is 6.14. The maximum atomic E-state index is 12.8. The molecule has 1 saturated carbocycles. The van der Waals surface area contributed by atoms with Crippen LogP contribution >= 0.6 is 23.2 Å². The van der Waals surface area contributed by atoms with Gasteiger partial charge in [0, 0.05) is 11.6 Å². The van der Waals surface area contributed by atoms with Crippen molar-refractivity contribution in [1.82, 2.24) is 20.2 Å². The fourth-order valence-electron chi connectivity index (χ4n) is 2.98. The number of benzene rings is 1. The van der Waals surface area contributed by atoms with Crippen LogP contribution in [0, 0.1) is 0 Å². The van der Waals surface area contributed by atoms with E-state index >= 15 is 0 Å². The molecule has 3 aromatic rings. The topological polar surface area (TPSA) is 90.7 Å². The van der Waals surface area contributed by atoms with Gasteiger partial charge in [-0.25, -0.2) is 9.97 Å². The number of rotatable bonds is 4. The van der Waals surface area contributed by atoms with Crippen molar-refractivity contribution in [2.24, 2.45) is 0 Å². The monoisotopic (exact) mass is 397 g/mol. The summed E-state index contributed by atoms with van der Waals surface area (Å²) in [4.78, 5) is 8.27. The summed E-state index contributed by atoms with van der Waals surface area (Å²) in [6.45, 7) is 0. The van der Waals surface area contributed by atoms with Gasteiger partial charge in [0.05, 0.1) is 21.3 Å². The Morgan fingerprint density at radius 1 is 1.19 bits per heavy atom. The molecular weight excluding hydrogens is 387 g/mol. The van der Waals surface area contributed by atoms with E-state index in [0.717, 1.165) is 18.4 Å². The Morgan fingerprint density at radius 2 is 1.96 bits per heavy atom. The third-order valence-electron chi connectivity index (χ3n) is 4.34. The summed E-state index contributed by atoms with van der Waals surface area (Å²) in [5.74, 6) is -0.824. The summed E-state index contributed by atoms with van der Waals surface area (Å²) in [6.07, 6.45) is -0.0239. The normalized spacial score (nSPS) is 15.4. The lowest BCUT2D eigenvalue weighted by molar-refractivity contribution is 0.116. The Hall–Kier alpha value is -2.32. The number of anilines is 1. The molecule has 0 radical (unpaired) electrons. The number of aromatic nitrogens is 4. The number of nitrogen functional groups attached to an aromatic ring is 1. The summed E-state index contributed by atoms with van der Waals surface area (Å²) >= 11 is 12.5. The summed E-state index contributed by atoms with van der Waals surface area (Å²) in [5.41, 5.74) is 6.82. The maximum Gasteiger partial charge on any atom is 0.314 e. The van der Waals surface area contributed by atoms with Crippen molar-refractivity contribution in [2.45, 2.75) is 24.7 Å². The minimum absolute atomic E-state index is 0.0433. The Bertz CT molecular complexity index is 991. The van der Waals surface area contributed by atoms with Crippen LogP contribution in [0.15, 0.2) is 28.8 Å². The van der Waals surface area contributed by atoms with Gasteiger partial charge in [-0.3, -0.25) is 0 Å². The van der Waals surface area contributed by atoms with Gasteiger partial charge in [-0.15, -0.1) is 10.2 Å². The number of alkyl halides is 2. The fraction of sp³-hybridized carbons (Fsp3) is 0.250. The van der Waals surface area contributed by atoms with Crippen molar-refractivity contribution < 1.29 is 13.2 Å². The van der Waals surface area contributed by atoms with E-state index in [2.05, 4.69) is 20.2 Å². The van der Waals surface area contributed by atoms with Gasteiger partial charge in [0.2, 0.25) is 5.95 Å². The average molecular weight is 398 g/mol. The zero-order chi connectivity index (χ0) is 18.5. The standard InChI is InChI=1S/C16H11Cl2F2N5O/c17-9-3-1-2-8(10(9)18)16(4-5-16)11-7(6-22-15(21)23-11)13-24-25-14(26-13)12(19)20/h1-3,6,12H,4-5H2,(H2,21,22,23). The Labute approximate surface area is 156 Å². The van der Waals surface area contributed by atoms with E-state index in [1.165, 1.54) is 6.20 Å². The first-order valence-corrected chi connectivity index (χ1v) is 8.37. The number of nitrogens with zero attached hydrogens (tertiary/aromatic N) is 4. The SMILES string of the molecule is Nc1ncc(-c2nnc(C(F)F)o2)c(C2(c3cccc(Cl)c3Cl)CC2)n1. The highest BCUT2D eigenvalue weighted by Crippen LogP contribution is 2.57. The summed E-state index contributed by atoms with van der Waals surface area (Å²) < 4.78 is 30.7. The molecule has 10 heteroatoms. The number of halogens is 4. The van der Waals surface area contributed by atoms with Crippen LogP contribution in [0.4, 0.5) is 14.7 Å².